The van der Waals surface area contributed by atoms with Gasteiger partial charge in [0.05, 0.1) is 16.7 Å². The van der Waals surface area contributed by atoms with Gasteiger partial charge < -0.3 is 0 Å². The van der Waals surface area contributed by atoms with Gasteiger partial charge in [0.1, 0.15) is 0 Å². The molecule has 0 aliphatic heterocycles. The van der Waals surface area contributed by atoms with E-state index in [4.69, 9.17) is 22.2 Å². The van der Waals surface area contributed by atoms with Crippen LogP contribution < -0.4 is 10.9 Å². The van der Waals surface area contributed by atoms with Crippen LogP contribution in [0, 0.1) is 15.5 Å². The first-order valence-corrected chi connectivity index (χ1v) is 4.64. The first kappa shape index (κ1) is 12.9. The van der Waals surface area contributed by atoms with Gasteiger partial charge in [-0.15, -0.1) is 0 Å². The van der Waals surface area contributed by atoms with Crippen molar-refractivity contribution in [1.29, 1.82) is 5.41 Å². The van der Waals surface area contributed by atoms with Crippen LogP contribution in [0.3, 0.4) is 0 Å². The van der Waals surface area contributed by atoms with E-state index >= 15 is 0 Å². The molecule has 0 bridgehead atoms. The molecule has 0 spiro atoms. The topological polar surface area (TPSA) is 124 Å². The van der Waals surface area contributed by atoms with Crippen molar-refractivity contribution in [2.75, 3.05) is 0 Å². The second kappa shape index (κ2) is 5.77. The Morgan fingerprint density at radius 1 is 1.65 bits per heavy atom. The van der Waals surface area contributed by atoms with Gasteiger partial charge in [0.2, 0.25) is 5.96 Å². The lowest BCUT2D eigenvalue weighted by Gasteiger charge is -2.00. The molecular weight excluding hydrogens is 250 g/mol. The summed E-state index contributed by atoms with van der Waals surface area (Å²) in [4.78, 5) is 10.1. The normalized spacial score (nSPS) is 10.2. The largest absolute Gasteiger partial charge is 0.288 e. The van der Waals surface area contributed by atoms with Gasteiger partial charge in [-0.05, 0) is 12.1 Å². The van der Waals surface area contributed by atoms with Crippen LogP contribution in [0.2, 0.25) is 5.02 Å². The van der Waals surface area contributed by atoms with Gasteiger partial charge >= 0.3 is 0 Å². The third-order valence-electron chi connectivity index (χ3n) is 1.68. The second-order valence-electron chi connectivity index (χ2n) is 2.82. The van der Waals surface area contributed by atoms with Crippen LogP contribution in [-0.4, -0.2) is 22.3 Å². The third kappa shape index (κ3) is 3.70. The van der Waals surface area contributed by atoms with Crippen LogP contribution in [-0.2, 0) is 0 Å². The Labute approximate surface area is 101 Å². The van der Waals surface area contributed by atoms with Gasteiger partial charge in [-0.1, -0.05) is 11.6 Å². The average Bonchev–Trinajstić information content (AvgIpc) is 2.30. The number of halogens is 1. The molecule has 0 aliphatic rings. The number of nitrogens with zero attached hydrogens (tertiary/aromatic N) is 2. The summed E-state index contributed by atoms with van der Waals surface area (Å²) >= 11 is 5.63. The highest BCUT2D eigenvalue weighted by Gasteiger charge is 2.12. The fraction of sp³-hybridized carbons (Fsp3) is 0. The summed E-state index contributed by atoms with van der Waals surface area (Å²) in [5.74, 6) is -0.460. The first-order valence-electron chi connectivity index (χ1n) is 4.26. The SMILES string of the molecule is N=C(NO)N/N=C/c1ccc(Cl)cc1[N+](=O)[O-]. The molecule has 8 nitrogen and oxygen atoms in total. The molecule has 9 heteroatoms. The molecule has 1 aromatic rings. The van der Waals surface area contributed by atoms with E-state index in [9.17, 15) is 10.1 Å². The molecule has 17 heavy (non-hydrogen) atoms. The number of nitro groups is 1. The van der Waals surface area contributed by atoms with E-state index < -0.39 is 10.9 Å². The fourth-order valence-electron chi connectivity index (χ4n) is 0.975. The van der Waals surface area contributed by atoms with Crippen LogP contribution in [0.5, 0.6) is 0 Å². The van der Waals surface area contributed by atoms with E-state index in [0.29, 0.717) is 0 Å². The van der Waals surface area contributed by atoms with E-state index in [1.54, 1.807) is 0 Å². The lowest BCUT2D eigenvalue weighted by molar-refractivity contribution is -0.385. The Bertz CT molecular complexity index is 476. The molecule has 0 saturated carbocycles. The molecule has 0 atom stereocenters. The highest BCUT2D eigenvalue weighted by molar-refractivity contribution is 6.30. The van der Waals surface area contributed by atoms with Gasteiger partial charge in [-0.3, -0.25) is 20.7 Å². The van der Waals surface area contributed by atoms with Crippen molar-refractivity contribution in [3.63, 3.8) is 0 Å². The molecule has 0 aliphatic carbocycles. The van der Waals surface area contributed by atoms with Gasteiger partial charge in [0.15, 0.2) is 0 Å². The van der Waals surface area contributed by atoms with Crippen molar-refractivity contribution >= 4 is 29.5 Å². The van der Waals surface area contributed by atoms with Gasteiger partial charge in [-0.25, -0.2) is 10.9 Å². The first-order chi connectivity index (χ1) is 8.04. The van der Waals surface area contributed by atoms with E-state index in [-0.39, 0.29) is 16.3 Å². The highest BCUT2D eigenvalue weighted by atomic mass is 35.5. The van der Waals surface area contributed by atoms with Crippen LogP contribution in [0.25, 0.3) is 0 Å². The number of hydrogen-bond donors (Lipinski definition) is 4. The zero-order valence-electron chi connectivity index (χ0n) is 8.35. The van der Waals surface area contributed by atoms with Crippen molar-refractivity contribution in [3.8, 4) is 0 Å². The average molecular weight is 258 g/mol. The number of benzene rings is 1. The maximum absolute atomic E-state index is 10.7. The predicted octanol–water partition coefficient (Wildman–Crippen LogP) is 1.09. The summed E-state index contributed by atoms with van der Waals surface area (Å²) in [6, 6.07) is 4.09. The van der Waals surface area contributed by atoms with Crippen LogP contribution >= 0.6 is 11.6 Å². The Kier molecular flexibility index (Phi) is 4.37. The number of hydrazone groups is 1. The minimum atomic E-state index is -0.594. The maximum Gasteiger partial charge on any atom is 0.279 e. The quantitative estimate of drug-likeness (QED) is 0.279. The van der Waals surface area contributed by atoms with E-state index in [1.807, 2.05) is 0 Å². The van der Waals surface area contributed by atoms with Gasteiger partial charge in [-0.2, -0.15) is 5.10 Å². The number of nitro benzene ring substituents is 1. The monoisotopic (exact) mass is 257 g/mol. The lowest BCUT2D eigenvalue weighted by atomic mass is 10.2. The Hall–Kier alpha value is -2.19. The van der Waals surface area contributed by atoms with E-state index in [1.165, 1.54) is 23.7 Å². The molecule has 0 fully saturated rings. The Morgan fingerprint density at radius 3 is 2.94 bits per heavy atom. The minimum absolute atomic E-state index is 0.202. The summed E-state index contributed by atoms with van der Waals surface area (Å²) in [6.07, 6.45) is 1.14. The number of hydroxylamine groups is 1. The van der Waals surface area contributed by atoms with Crippen molar-refractivity contribution in [2.45, 2.75) is 0 Å². The van der Waals surface area contributed by atoms with Gasteiger partial charge in [0.25, 0.3) is 5.69 Å². The summed E-state index contributed by atoms with van der Waals surface area (Å²) in [7, 11) is 0. The molecule has 1 rings (SSSR count). The Balaban J connectivity index is 2.90. The molecule has 0 saturated heterocycles. The van der Waals surface area contributed by atoms with E-state index in [2.05, 4.69) is 10.5 Å². The second-order valence-corrected chi connectivity index (χ2v) is 3.25. The molecule has 0 aromatic heterocycles. The smallest absolute Gasteiger partial charge is 0.279 e. The number of nitrogens with one attached hydrogen (secondary N) is 3. The highest BCUT2D eigenvalue weighted by Crippen LogP contribution is 2.21. The molecule has 0 unspecified atom stereocenters. The molecule has 90 valence electrons. The molecule has 0 heterocycles. The predicted molar refractivity (Wildman–Crippen MR) is 61.5 cm³/mol. The van der Waals surface area contributed by atoms with Crippen molar-refractivity contribution < 1.29 is 10.1 Å². The van der Waals surface area contributed by atoms with Crippen molar-refractivity contribution in [3.05, 3.63) is 38.9 Å². The standard InChI is InChI=1S/C8H8ClN5O3/c9-6-2-1-5(7(3-6)14(16)17)4-11-12-8(10)13-15/h1-4,15H,(H3,10,12,13)/b11-4+. The molecule has 0 amide bonds. The fourth-order valence-corrected chi connectivity index (χ4v) is 1.14. The zero-order valence-corrected chi connectivity index (χ0v) is 9.10. The number of rotatable bonds is 3. The summed E-state index contributed by atoms with van der Waals surface area (Å²) in [5.41, 5.74) is 3.62. The molecule has 0 radical (unpaired) electrons. The summed E-state index contributed by atoms with van der Waals surface area (Å²) < 4.78 is 0. The molecule has 1 aromatic carbocycles. The maximum atomic E-state index is 10.7. The van der Waals surface area contributed by atoms with Gasteiger partial charge in [0, 0.05) is 11.1 Å². The number of guanidine groups is 1. The van der Waals surface area contributed by atoms with E-state index in [0.717, 1.165) is 6.21 Å². The summed E-state index contributed by atoms with van der Waals surface area (Å²) in [5, 5.41) is 29.7. The van der Waals surface area contributed by atoms with Crippen LogP contribution in [0.4, 0.5) is 5.69 Å². The zero-order chi connectivity index (χ0) is 12.8. The lowest BCUT2D eigenvalue weighted by Crippen LogP contribution is -2.30. The van der Waals surface area contributed by atoms with Crippen LogP contribution in [0.1, 0.15) is 5.56 Å². The molecular formula is C8H8ClN5O3. The third-order valence-corrected chi connectivity index (χ3v) is 1.92. The van der Waals surface area contributed by atoms with Crippen molar-refractivity contribution in [1.82, 2.24) is 10.9 Å². The van der Waals surface area contributed by atoms with Crippen molar-refractivity contribution in [2.24, 2.45) is 5.10 Å². The molecule has 4 N–H and O–H groups in total. The number of hydrogen-bond acceptors (Lipinski definition) is 5. The Morgan fingerprint density at radius 2 is 2.35 bits per heavy atom. The minimum Gasteiger partial charge on any atom is -0.288 e. The summed E-state index contributed by atoms with van der Waals surface area (Å²) in [6.45, 7) is 0. The van der Waals surface area contributed by atoms with Crippen LogP contribution in [0.15, 0.2) is 23.3 Å².